The predicted molar refractivity (Wildman–Crippen MR) is 184 cm³/mol. The predicted octanol–water partition coefficient (Wildman–Crippen LogP) is 13.7. The van der Waals surface area contributed by atoms with Crippen LogP contribution in [0.1, 0.15) is 238 Å². The number of aromatic amines is 1. The first-order valence-corrected chi connectivity index (χ1v) is 19.3. The van der Waals surface area contributed by atoms with E-state index in [1.807, 2.05) is 0 Å². The first-order chi connectivity index (χ1) is 20.2. The molecule has 41 heavy (non-hydrogen) atoms. The topological polar surface area (TPSA) is 19.7 Å². The van der Waals surface area contributed by atoms with E-state index < -0.39 is 0 Å². The number of nitrogens with one attached hydrogen (secondary N) is 1. The maximum Gasteiger partial charge on any atom is 0.257 e. The Balaban J connectivity index is 2.05. The van der Waals surface area contributed by atoms with Crippen LogP contribution in [0.4, 0.5) is 0 Å². The molecule has 0 aromatic carbocycles. The molecule has 0 aliphatic heterocycles. The highest BCUT2D eigenvalue weighted by Gasteiger charge is 2.24. The van der Waals surface area contributed by atoms with Crippen molar-refractivity contribution in [2.75, 3.05) is 0 Å². The third-order valence-electron chi connectivity index (χ3n) is 9.73. The van der Waals surface area contributed by atoms with E-state index in [2.05, 4.69) is 49.6 Å². The highest BCUT2D eigenvalue weighted by Crippen LogP contribution is 2.24. The van der Waals surface area contributed by atoms with Crippen LogP contribution in [0.3, 0.4) is 0 Å². The largest absolute Gasteiger partial charge is 0.257 e. The number of imidazole rings is 1. The zero-order valence-corrected chi connectivity index (χ0v) is 29.0. The van der Waals surface area contributed by atoms with Gasteiger partial charge in [0, 0.05) is 0 Å². The fraction of sp³-hybridized carbons (Fsp3) is 0.923. The summed E-state index contributed by atoms with van der Waals surface area (Å²) < 4.78 is 2.58. The molecule has 2 heteroatoms. The molecule has 2 nitrogen and oxygen atoms in total. The molecule has 1 heterocycles. The van der Waals surface area contributed by atoms with Gasteiger partial charge in [0.2, 0.25) is 0 Å². The first kappa shape index (κ1) is 38.2. The van der Waals surface area contributed by atoms with Crippen LogP contribution in [-0.2, 0) is 0 Å². The summed E-state index contributed by atoms with van der Waals surface area (Å²) in [7, 11) is 0. The third kappa shape index (κ3) is 21.5. The van der Waals surface area contributed by atoms with Crippen LogP contribution in [0.15, 0.2) is 12.4 Å². The number of hydrogen-bond acceptors (Lipinski definition) is 0. The van der Waals surface area contributed by atoms with Crippen molar-refractivity contribution in [1.29, 1.82) is 0 Å². The van der Waals surface area contributed by atoms with E-state index in [1.54, 1.807) is 0 Å². The van der Waals surface area contributed by atoms with Crippen molar-refractivity contribution in [2.24, 2.45) is 0 Å². The number of aromatic nitrogens is 2. The SMILES string of the molecule is CCCCCCCCCCCCCCCCCC(C)[n+]1cc[nH]c1C(CC)CCCCCCCCCCCCCC. The second kappa shape index (κ2) is 29.3. The van der Waals surface area contributed by atoms with Gasteiger partial charge in [-0.2, -0.15) is 0 Å². The van der Waals surface area contributed by atoms with Gasteiger partial charge >= 0.3 is 0 Å². The van der Waals surface area contributed by atoms with E-state index >= 15 is 0 Å². The van der Waals surface area contributed by atoms with E-state index in [1.165, 1.54) is 198 Å². The molecule has 2 unspecified atom stereocenters. The minimum absolute atomic E-state index is 0.620. The highest BCUT2D eigenvalue weighted by atomic mass is 15.1. The molecule has 0 amide bonds. The lowest BCUT2D eigenvalue weighted by Gasteiger charge is -2.16. The monoisotopic (exact) mass is 574 g/mol. The Kier molecular flexibility index (Phi) is 27.3. The fourth-order valence-corrected chi connectivity index (χ4v) is 6.79. The van der Waals surface area contributed by atoms with Gasteiger partial charge in [0.05, 0.1) is 12.0 Å². The van der Waals surface area contributed by atoms with Crippen molar-refractivity contribution < 1.29 is 4.57 Å². The zero-order chi connectivity index (χ0) is 29.6. The molecule has 2 atom stereocenters. The van der Waals surface area contributed by atoms with E-state index in [9.17, 15) is 0 Å². The standard InChI is InChI=1S/C39H76N2/c1-5-8-10-12-14-16-18-20-21-22-23-25-27-29-31-33-37(4)41-36-35-40-39(41)38(7-3)34-32-30-28-26-24-19-17-15-13-11-9-6-2/h35-38H,5-34H2,1-4H3/p+1. The lowest BCUT2D eigenvalue weighted by Crippen LogP contribution is -2.41. The second-order valence-corrected chi connectivity index (χ2v) is 13.6. The molecule has 0 bridgehead atoms. The first-order valence-electron chi connectivity index (χ1n) is 19.3. The summed E-state index contributed by atoms with van der Waals surface area (Å²) in [6.07, 6.45) is 47.4. The van der Waals surface area contributed by atoms with Crippen molar-refractivity contribution in [2.45, 2.75) is 232 Å². The van der Waals surface area contributed by atoms with Crippen molar-refractivity contribution in [1.82, 2.24) is 4.98 Å². The summed E-state index contributed by atoms with van der Waals surface area (Å²) in [5.74, 6) is 2.18. The lowest BCUT2D eigenvalue weighted by atomic mass is 9.96. The smallest absolute Gasteiger partial charge is 0.247 e. The summed E-state index contributed by atoms with van der Waals surface area (Å²) in [5, 5.41) is 0. The van der Waals surface area contributed by atoms with Gasteiger partial charge in [-0.3, -0.25) is 0 Å². The Labute approximate surface area is 259 Å². The third-order valence-corrected chi connectivity index (χ3v) is 9.73. The zero-order valence-electron chi connectivity index (χ0n) is 29.0. The van der Waals surface area contributed by atoms with Gasteiger partial charge in [-0.15, -0.1) is 0 Å². The quantitative estimate of drug-likeness (QED) is 0.0653. The maximum atomic E-state index is 3.65. The molecule has 0 fully saturated rings. The van der Waals surface area contributed by atoms with Crippen LogP contribution >= 0.6 is 0 Å². The molecular formula is C39H77N2+. The molecule has 0 saturated carbocycles. The average Bonchev–Trinajstić information content (AvgIpc) is 3.47. The molecule has 0 radical (unpaired) electrons. The van der Waals surface area contributed by atoms with E-state index in [-0.39, 0.29) is 0 Å². The summed E-state index contributed by atoms with van der Waals surface area (Å²) in [6, 6.07) is 0.620. The Bertz CT molecular complexity index is 635. The molecule has 242 valence electrons. The van der Waals surface area contributed by atoms with Gasteiger partial charge < -0.3 is 0 Å². The van der Waals surface area contributed by atoms with Crippen LogP contribution in [0.5, 0.6) is 0 Å². The Morgan fingerprint density at radius 2 is 0.829 bits per heavy atom. The Morgan fingerprint density at radius 3 is 1.20 bits per heavy atom. The number of H-pyrrole nitrogens is 1. The average molecular weight is 574 g/mol. The van der Waals surface area contributed by atoms with Gasteiger partial charge in [0.15, 0.2) is 0 Å². The van der Waals surface area contributed by atoms with Crippen molar-refractivity contribution in [3.63, 3.8) is 0 Å². The van der Waals surface area contributed by atoms with Gasteiger partial charge in [-0.05, 0) is 32.6 Å². The van der Waals surface area contributed by atoms with Gasteiger partial charge in [-0.25, -0.2) is 9.55 Å². The molecule has 0 saturated heterocycles. The summed E-state index contributed by atoms with van der Waals surface area (Å²) in [6.45, 7) is 9.44. The minimum atomic E-state index is 0.620. The lowest BCUT2D eigenvalue weighted by molar-refractivity contribution is -0.727. The summed E-state index contributed by atoms with van der Waals surface area (Å²) >= 11 is 0. The normalized spacial score (nSPS) is 13.2. The number of rotatable bonds is 32. The number of unbranched alkanes of at least 4 members (excludes halogenated alkanes) is 25. The van der Waals surface area contributed by atoms with Crippen LogP contribution in [0.2, 0.25) is 0 Å². The van der Waals surface area contributed by atoms with E-state index in [0.29, 0.717) is 12.0 Å². The van der Waals surface area contributed by atoms with Gasteiger partial charge in [0.1, 0.15) is 12.4 Å². The summed E-state index contributed by atoms with van der Waals surface area (Å²) in [5.41, 5.74) is 0. The molecule has 1 N–H and O–H groups in total. The molecule has 1 aromatic heterocycles. The summed E-state index contributed by atoms with van der Waals surface area (Å²) in [4.78, 5) is 3.65. The second-order valence-electron chi connectivity index (χ2n) is 13.6. The van der Waals surface area contributed by atoms with Crippen LogP contribution < -0.4 is 4.57 Å². The Morgan fingerprint density at radius 1 is 0.488 bits per heavy atom. The van der Waals surface area contributed by atoms with E-state index in [0.717, 1.165) is 0 Å². The fourth-order valence-electron chi connectivity index (χ4n) is 6.79. The molecular weight excluding hydrogens is 496 g/mol. The molecule has 1 rings (SSSR count). The van der Waals surface area contributed by atoms with Crippen molar-refractivity contribution in [3.8, 4) is 0 Å². The maximum absolute atomic E-state index is 3.65. The molecule has 1 aromatic rings. The number of nitrogens with zero attached hydrogens (tertiary/aromatic N) is 1. The minimum Gasteiger partial charge on any atom is -0.247 e. The van der Waals surface area contributed by atoms with Crippen LogP contribution in [0, 0.1) is 0 Å². The van der Waals surface area contributed by atoms with E-state index in [4.69, 9.17) is 0 Å². The Hall–Kier alpha value is -0.790. The van der Waals surface area contributed by atoms with Crippen LogP contribution in [-0.4, -0.2) is 4.98 Å². The molecule has 0 spiro atoms. The van der Waals surface area contributed by atoms with Crippen LogP contribution in [0.25, 0.3) is 0 Å². The van der Waals surface area contributed by atoms with Gasteiger partial charge in [0.25, 0.3) is 5.82 Å². The van der Waals surface area contributed by atoms with Crippen molar-refractivity contribution >= 4 is 0 Å². The van der Waals surface area contributed by atoms with Gasteiger partial charge in [-0.1, -0.05) is 188 Å². The number of hydrogen-bond donors (Lipinski definition) is 1. The van der Waals surface area contributed by atoms with Crippen molar-refractivity contribution in [3.05, 3.63) is 18.2 Å². The molecule has 0 aliphatic rings. The molecule has 0 aliphatic carbocycles. The highest BCUT2D eigenvalue weighted by molar-refractivity contribution is 4.89.